The molecule has 4 rings (SSSR count). The first-order valence-corrected chi connectivity index (χ1v) is 10.2. The first-order chi connectivity index (χ1) is 13.2. The monoisotopic (exact) mass is 468 g/mol. The van der Waals surface area contributed by atoms with E-state index in [1.165, 1.54) is 11.8 Å². The van der Waals surface area contributed by atoms with Crippen LogP contribution in [0.3, 0.4) is 0 Å². The second-order valence-corrected chi connectivity index (χ2v) is 7.80. The molecule has 0 fully saturated rings. The maximum absolute atomic E-state index is 5.85. The van der Waals surface area contributed by atoms with E-state index in [4.69, 9.17) is 30.2 Å². The van der Waals surface area contributed by atoms with Crippen molar-refractivity contribution in [3.63, 3.8) is 0 Å². The second kappa shape index (κ2) is 8.41. The van der Waals surface area contributed by atoms with Gasteiger partial charge in [0.15, 0.2) is 18.1 Å². The predicted octanol–water partition coefficient (Wildman–Crippen LogP) is 5.13. The van der Waals surface area contributed by atoms with Crippen molar-refractivity contribution in [2.24, 2.45) is 0 Å². The number of ether oxygens (including phenoxy) is 3. The average Bonchev–Trinajstić information content (AvgIpc) is 3.14. The van der Waals surface area contributed by atoms with Gasteiger partial charge < -0.3 is 18.6 Å². The molecule has 0 saturated heterocycles. The van der Waals surface area contributed by atoms with Crippen LogP contribution in [0.25, 0.3) is 0 Å². The van der Waals surface area contributed by atoms with Gasteiger partial charge in [-0.05, 0) is 42.0 Å². The first kappa shape index (κ1) is 18.5. The zero-order valence-electron chi connectivity index (χ0n) is 14.0. The van der Waals surface area contributed by atoms with E-state index < -0.39 is 0 Å². The number of aromatic nitrogens is 2. The number of thioether (sulfide) groups is 1. The molecule has 0 bridgehead atoms. The Morgan fingerprint density at radius 2 is 1.81 bits per heavy atom. The molecule has 3 aromatic rings. The number of fused-ring (bicyclic) bond motifs is 1. The second-order valence-electron chi connectivity index (χ2n) is 5.58. The van der Waals surface area contributed by atoms with Gasteiger partial charge in [-0.25, -0.2) is 0 Å². The summed E-state index contributed by atoms with van der Waals surface area (Å²) in [5.74, 6) is 3.25. The Bertz CT molecular complexity index is 936. The van der Waals surface area contributed by atoms with E-state index in [0.29, 0.717) is 40.9 Å². The van der Waals surface area contributed by atoms with Crippen LogP contribution in [-0.2, 0) is 12.4 Å². The predicted molar refractivity (Wildman–Crippen MR) is 105 cm³/mol. The average molecular weight is 470 g/mol. The van der Waals surface area contributed by atoms with Gasteiger partial charge in [0, 0.05) is 15.2 Å². The fourth-order valence-corrected chi connectivity index (χ4v) is 3.93. The number of nitrogens with zero attached hydrogens (tertiary/aromatic N) is 2. The van der Waals surface area contributed by atoms with E-state index in [1.54, 1.807) is 24.3 Å². The van der Waals surface area contributed by atoms with E-state index in [-0.39, 0.29) is 6.61 Å². The lowest BCUT2D eigenvalue weighted by molar-refractivity contribution is 0.171. The molecule has 0 saturated carbocycles. The zero-order valence-corrected chi connectivity index (χ0v) is 17.1. The molecule has 0 radical (unpaired) electrons. The zero-order chi connectivity index (χ0) is 18.6. The minimum atomic E-state index is 0.197. The quantitative estimate of drug-likeness (QED) is 0.464. The van der Waals surface area contributed by atoms with E-state index in [1.807, 2.05) is 12.1 Å². The molecule has 0 spiro atoms. The summed E-state index contributed by atoms with van der Waals surface area (Å²) in [6.07, 6.45) is 0. The van der Waals surface area contributed by atoms with Gasteiger partial charge >= 0.3 is 0 Å². The topological polar surface area (TPSA) is 66.6 Å². The van der Waals surface area contributed by atoms with Crippen LogP contribution in [0.4, 0.5) is 0 Å². The molecule has 0 unspecified atom stereocenters. The Balaban J connectivity index is 1.35. The molecule has 2 heterocycles. The van der Waals surface area contributed by atoms with Crippen LogP contribution in [0.15, 0.2) is 50.5 Å². The molecule has 0 aliphatic carbocycles. The smallest absolute Gasteiger partial charge is 0.277 e. The Hall–Kier alpha value is -1.90. The van der Waals surface area contributed by atoms with Crippen molar-refractivity contribution >= 4 is 39.3 Å². The van der Waals surface area contributed by atoms with Crippen LogP contribution in [0.5, 0.6) is 17.2 Å². The van der Waals surface area contributed by atoms with Gasteiger partial charge in [0.1, 0.15) is 19.0 Å². The van der Waals surface area contributed by atoms with E-state index in [2.05, 4.69) is 26.1 Å². The lowest BCUT2D eigenvalue weighted by Gasteiger charge is -2.19. The van der Waals surface area contributed by atoms with Crippen LogP contribution >= 0.6 is 39.3 Å². The third-order valence-corrected chi connectivity index (χ3v) is 5.54. The van der Waals surface area contributed by atoms with Crippen molar-refractivity contribution in [3.05, 3.63) is 57.3 Å². The summed E-state index contributed by atoms with van der Waals surface area (Å²) >= 11 is 10.9. The van der Waals surface area contributed by atoms with Crippen molar-refractivity contribution in [3.8, 4) is 17.2 Å². The number of rotatable bonds is 6. The minimum Gasteiger partial charge on any atom is -0.486 e. The minimum absolute atomic E-state index is 0.197. The van der Waals surface area contributed by atoms with Gasteiger partial charge in [0.2, 0.25) is 0 Å². The molecule has 27 heavy (non-hydrogen) atoms. The van der Waals surface area contributed by atoms with Crippen molar-refractivity contribution in [1.82, 2.24) is 10.2 Å². The molecule has 0 amide bonds. The molecule has 9 heteroatoms. The third-order valence-electron chi connectivity index (χ3n) is 3.69. The molecule has 1 aliphatic heterocycles. The summed E-state index contributed by atoms with van der Waals surface area (Å²) < 4.78 is 23.4. The number of hydrogen-bond donors (Lipinski definition) is 0. The number of benzene rings is 2. The summed E-state index contributed by atoms with van der Waals surface area (Å²) in [5.41, 5.74) is 1.06. The number of hydrogen-bond acceptors (Lipinski definition) is 7. The highest BCUT2D eigenvalue weighted by Gasteiger charge is 2.16. The van der Waals surface area contributed by atoms with E-state index in [0.717, 1.165) is 21.5 Å². The fourth-order valence-electron chi connectivity index (χ4n) is 2.39. The highest BCUT2D eigenvalue weighted by molar-refractivity contribution is 9.10. The van der Waals surface area contributed by atoms with Gasteiger partial charge in [-0.15, -0.1) is 10.2 Å². The summed E-state index contributed by atoms with van der Waals surface area (Å²) in [6, 6.07) is 11.0. The Morgan fingerprint density at radius 1 is 1.07 bits per heavy atom. The van der Waals surface area contributed by atoms with Crippen molar-refractivity contribution < 1.29 is 18.6 Å². The molecule has 2 aromatic carbocycles. The summed E-state index contributed by atoms with van der Waals surface area (Å²) in [5, 5.41) is 9.19. The van der Waals surface area contributed by atoms with Crippen LogP contribution in [0, 0.1) is 0 Å². The standard InChI is InChI=1S/C18H14BrClN2O4S/c19-14-8-16-15(23-5-6-24-16)7-11(14)10-27-18-22-21-17(26-18)9-25-13-3-1-12(20)2-4-13/h1-4,7-8H,5-6,9-10H2. The van der Waals surface area contributed by atoms with E-state index in [9.17, 15) is 0 Å². The van der Waals surface area contributed by atoms with Gasteiger partial charge in [-0.1, -0.05) is 39.3 Å². The van der Waals surface area contributed by atoms with Crippen molar-refractivity contribution in [2.75, 3.05) is 13.2 Å². The molecule has 140 valence electrons. The molecule has 1 aromatic heterocycles. The lowest BCUT2D eigenvalue weighted by Crippen LogP contribution is -2.15. The Kier molecular flexibility index (Phi) is 5.75. The van der Waals surface area contributed by atoms with Crippen molar-refractivity contribution in [2.45, 2.75) is 17.6 Å². The Morgan fingerprint density at radius 3 is 2.59 bits per heavy atom. The van der Waals surface area contributed by atoms with Gasteiger partial charge in [-0.2, -0.15) is 0 Å². The van der Waals surface area contributed by atoms with Gasteiger partial charge in [0.25, 0.3) is 11.1 Å². The normalized spacial score (nSPS) is 12.8. The van der Waals surface area contributed by atoms with Crippen LogP contribution in [-0.4, -0.2) is 23.4 Å². The molecule has 0 N–H and O–H groups in total. The molecular formula is C18H14BrClN2O4S. The van der Waals surface area contributed by atoms with E-state index >= 15 is 0 Å². The molecule has 6 nitrogen and oxygen atoms in total. The van der Waals surface area contributed by atoms with Gasteiger partial charge in [-0.3, -0.25) is 0 Å². The summed E-state index contributed by atoms with van der Waals surface area (Å²) in [4.78, 5) is 0. The summed E-state index contributed by atoms with van der Waals surface area (Å²) in [6.45, 7) is 1.32. The largest absolute Gasteiger partial charge is 0.486 e. The maximum atomic E-state index is 5.85. The number of halogens is 2. The molecule has 0 atom stereocenters. The fraction of sp³-hybridized carbons (Fsp3) is 0.222. The molecular weight excluding hydrogens is 456 g/mol. The SMILES string of the molecule is Clc1ccc(OCc2nnc(SCc3cc4c(cc3Br)OCCO4)o2)cc1. The maximum Gasteiger partial charge on any atom is 0.277 e. The van der Waals surface area contributed by atoms with Crippen LogP contribution < -0.4 is 14.2 Å². The molecule has 1 aliphatic rings. The lowest BCUT2D eigenvalue weighted by atomic mass is 10.2. The van der Waals surface area contributed by atoms with Crippen LogP contribution in [0.2, 0.25) is 5.02 Å². The third kappa shape index (κ3) is 4.69. The Labute approximate surface area is 173 Å². The summed E-state index contributed by atoms with van der Waals surface area (Å²) in [7, 11) is 0. The highest BCUT2D eigenvalue weighted by Crippen LogP contribution is 2.37. The highest BCUT2D eigenvalue weighted by atomic mass is 79.9. The van der Waals surface area contributed by atoms with Crippen LogP contribution in [0.1, 0.15) is 11.5 Å². The van der Waals surface area contributed by atoms with Gasteiger partial charge in [0.05, 0.1) is 0 Å². The van der Waals surface area contributed by atoms with Crippen molar-refractivity contribution in [1.29, 1.82) is 0 Å². The first-order valence-electron chi connectivity index (χ1n) is 8.09.